The molecule has 0 bridgehead atoms. The smallest absolute Gasteiger partial charge is 0.326 e. The van der Waals surface area contributed by atoms with Crippen molar-refractivity contribution in [3.8, 4) is 5.69 Å². The average molecular weight is 343 g/mol. The number of carbonyl (C=O) groups excluding carboxylic acids is 1. The summed E-state index contributed by atoms with van der Waals surface area (Å²) in [4.78, 5) is 23.8. The molecular weight excluding hydrogens is 318 g/mol. The van der Waals surface area contributed by atoms with Gasteiger partial charge in [0.05, 0.1) is 17.8 Å². The van der Waals surface area contributed by atoms with Gasteiger partial charge < -0.3 is 10.4 Å². The molecule has 0 unspecified atom stereocenters. The van der Waals surface area contributed by atoms with Crippen LogP contribution in [-0.2, 0) is 16.0 Å². The molecule has 0 spiro atoms. The summed E-state index contributed by atoms with van der Waals surface area (Å²) < 4.78 is 1.81. The topological polar surface area (TPSA) is 84.2 Å². The van der Waals surface area contributed by atoms with E-state index in [4.69, 9.17) is 0 Å². The number of amides is 1. The van der Waals surface area contributed by atoms with E-state index in [-0.39, 0.29) is 18.2 Å². The Morgan fingerprint density at radius 2 is 1.88 bits per heavy atom. The Labute approximate surface area is 147 Å². The van der Waals surface area contributed by atoms with E-state index in [9.17, 15) is 14.7 Å². The van der Waals surface area contributed by atoms with Crippen LogP contribution < -0.4 is 5.32 Å². The Hall–Kier alpha value is -2.63. The minimum absolute atomic E-state index is 0.116. The van der Waals surface area contributed by atoms with E-state index in [1.165, 1.54) is 0 Å². The second-order valence-electron chi connectivity index (χ2n) is 6.34. The van der Waals surface area contributed by atoms with Crippen molar-refractivity contribution >= 4 is 11.9 Å². The molecule has 1 aromatic heterocycles. The molecule has 0 radical (unpaired) electrons. The number of aromatic nitrogens is 2. The van der Waals surface area contributed by atoms with Crippen LogP contribution in [0.5, 0.6) is 0 Å². The Morgan fingerprint density at radius 3 is 2.44 bits per heavy atom. The molecule has 1 aromatic carbocycles. The molecule has 134 valence electrons. The second-order valence-corrected chi connectivity index (χ2v) is 6.34. The SMILES string of the molecule is CC[C@H](C)[C@H](NC(=O)Cc1c(C)nn(-c2ccccc2)c1C)C(=O)O. The first-order chi connectivity index (χ1) is 11.8. The van der Waals surface area contributed by atoms with Crippen LogP contribution in [0.25, 0.3) is 5.69 Å². The van der Waals surface area contributed by atoms with Crippen molar-refractivity contribution in [3.05, 3.63) is 47.3 Å². The highest BCUT2D eigenvalue weighted by Crippen LogP contribution is 2.18. The monoisotopic (exact) mass is 343 g/mol. The molecule has 0 fully saturated rings. The van der Waals surface area contributed by atoms with Crippen LogP contribution in [0.2, 0.25) is 0 Å². The fraction of sp³-hybridized carbons (Fsp3) is 0.421. The Balaban J connectivity index is 2.19. The zero-order valence-electron chi connectivity index (χ0n) is 15.1. The van der Waals surface area contributed by atoms with E-state index >= 15 is 0 Å². The van der Waals surface area contributed by atoms with Gasteiger partial charge in [-0.05, 0) is 31.9 Å². The summed E-state index contributed by atoms with van der Waals surface area (Å²) in [5.74, 6) is -1.43. The maximum absolute atomic E-state index is 12.4. The van der Waals surface area contributed by atoms with Gasteiger partial charge in [0.1, 0.15) is 6.04 Å². The van der Waals surface area contributed by atoms with Crippen LogP contribution >= 0.6 is 0 Å². The molecule has 0 aliphatic heterocycles. The lowest BCUT2D eigenvalue weighted by molar-refractivity contribution is -0.143. The van der Waals surface area contributed by atoms with Gasteiger partial charge in [0.25, 0.3) is 0 Å². The van der Waals surface area contributed by atoms with Crippen LogP contribution in [-0.4, -0.2) is 32.8 Å². The standard InChI is InChI=1S/C19H25N3O3/c1-5-12(2)18(19(24)25)20-17(23)11-16-13(3)21-22(14(16)4)15-9-7-6-8-10-15/h6-10,12,18H,5,11H2,1-4H3,(H,20,23)(H,24,25)/t12-,18-/m0/s1. The summed E-state index contributed by atoms with van der Waals surface area (Å²) >= 11 is 0. The normalized spacial score (nSPS) is 13.3. The highest BCUT2D eigenvalue weighted by atomic mass is 16.4. The summed E-state index contributed by atoms with van der Waals surface area (Å²) in [7, 11) is 0. The maximum atomic E-state index is 12.4. The number of carboxylic acid groups (broad SMARTS) is 1. The first kappa shape index (κ1) is 18.7. The number of hydrogen-bond donors (Lipinski definition) is 2. The summed E-state index contributed by atoms with van der Waals surface area (Å²) in [6, 6.07) is 8.83. The number of hydrogen-bond acceptors (Lipinski definition) is 3. The number of aryl methyl sites for hydroxylation is 1. The largest absolute Gasteiger partial charge is 0.480 e. The van der Waals surface area contributed by atoms with E-state index in [1.54, 1.807) is 4.68 Å². The molecule has 2 aromatic rings. The van der Waals surface area contributed by atoms with Crippen molar-refractivity contribution in [3.63, 3.8) is 0 Å². The van der Waals surface area contributed by atoms with E-state index in [0.29, 0.717) is 6.42 Å². The van der Waals surface area contributed by atoms with E-state index < -0.39 is 12.0 Å². The Kier molecular flexibility index (Phi) is 5.96. The van der Waals surface area contributed by atoms with Crippen molar-refractivity contribution in [2.24, 2.45) is 5.92 Å². The first-order valence-corrected chi connectivity index (χ1v) is 8.47. The van der Waals surface area contributed by atoms with Crippen molar-refractivity contribution in [1.29, 1.82) is 0 Å². The van der Waals surface area contributed by atoms with Gasteiger partial charge in [-0.3, -0.25) is 4.79 Å². The molecule has 0 aliphatic carbocycles. The van der Waals surface area contributed by atoms with E-state index in [2.05, 4.69) is 10.4 Å². The van der Waals surface area contributed by atoms with Crippen LogP contribution in [0.1, 0.15) is 37.2 Å². The van der Waals surface area contributed by atoms with Gasteiger partial charge in [-0.2, -0.15) is 5.10 Å². The van der Waals surface area contributed by atoms with Crippen LogP contribution in [0.4, 0.5) is 0 Å². The summed E-state index contributed by atoms with van der Waals surface area (Å²) in [6.07, 6.45) is 0.798. The highest BCUT2D eigenvalue weighted by Gasteiger charge is 2.26. The number of nitrogens with zero attached hydrogens (tertiary/aromatic N) is 2. The van der Waals surface area contributed by atoms with E-state index in [1.807, 2.05) is 58.0 Å². The van der Waals surface area contributed by atoms with Crippen LogP contribution in [0, 0.1) is 19.8 Å². The fourth-order valence-electron chi connectivity index (χ4n) is 2.82. The molecule has 1 amide bonds. The third-order valence-electron chi connectivity index (χ3n) is 4.57. The lowest BCUT2D eigenvalue weighted by Crippen LogP contribution is -2.45. The lowest BCUT2D eigenvalue weighted by Gasteiger charge is -2.20. The second kappa shape index (κ2) is 7.96. The third kappa shape index (κ3) is 4.26. The number of carbonyl (C=O) groups is 2. The predicted molar refractivity (Wildman–Crippen MR) is 95.8 cm³/mol. The summed E-state index contributed by atoms with van der Waals surface area (Å²) in [5, 5.41) is 16.5. The molecule has 2 N–H and O–H groups in total. The Morgan fingerprint density at radius 1 is 1.24 bits per heavy atom. The van der Waals surface area contributed by atoms with Crippen LogP contribution in [0.15, 0.2) is 30.3 Å². The summed E-state index contributed by atoms with van der Waals surface area (Å²) in [6.45, 7) is 7.51. The van der Waals surface area contributed by atoms with Crippen LogP contribution in [0.3, 0.4) is 0 Å². The zero-order valence-corrected chi connectivity index (χ0v) is 15.1. The zero-order chi connectivity index (χ0) is 18.6. The number of para-hydroxylation sites is 1. The molecular formula is C19H25N3O3. The Bertz CT molecular complexity index is 753. The molecule has 6 nitrogen and oxygen atoms in total. The van der Waals surface area contributed by atoms with Crippen molar-refractivity contribution in [2.45, 2.75) is 46.6 Å². The number of benzene rings is 1. The molecule has 2 atom stereocenters. The number of carboxylic acids is 1. The van der Waals surface area contributed by atoms with Gasteiger partial charge in [0, 0.05) is 11.3 Å². The molecule has 2 rings (SSSR count). The number of rotatable bonds is 7. The third-order valence-corrected chi connectivity index (χ3v) is 4.57. The molecule has 0 saturated carbocycles. The van der Waals surface area contributed by atoms with Gasteiger partial charge >= 0.3 is 5.97 Å². The minimum Gasteiger partial charge on any atom is -0.480 e. The highest BCUT2D eigenvalue weighted by molar-refractivity contribution is 5.85. The van der Waals surface area contributed by atoms with E-state index in [0.717, 1.165) is 22.6 Å². The minimum atomic E-state index is -1.00. The van der Waals surface area contributed by atoms with Gasteiger partial charge in [0.2, 0.25) is 5.91 Å². The van der Waals surface area contributed by atoms with Gasteiger partial charge in [-0.25, -0.2) is 9.48 Å². The molecule has 0 aliphatic rings. The average Bonchev–Trinajstić information content (AvgIpc) is 2.87. The van der Waals surface area contributed by atoms with Crippen molar-refractivity contribution in [1.82, 2.24) is 15.1 Å². The summed E-state index contributed by atoms with van der Waals surface area (Å²) in [5.41, 5.74) is 3.41. The lowest BCUT2D eigenvalue weighted by atomic mass is 9.99. The maximum Gasteiger partial charge on any atom is 0.326 e. The fourth-order valence-corrected chi connectivity index (χ4v) is 2.82. The predicted octanol–water partition coefficient (Wildman–Crippen LogP) is 2.65. The van der Waals surface area contributed by atoms with Gasteiger partial charge in [0.15, 0.2) is 0 Å². The molecule has 1 heterocycles. The quantitative estimate of drug-likeness (QED) is 0.809. The van der Waals surface area contributed by atoms with Gasteiger partial charge in [-0.15, -0.1) is 0 Å². The van der Waals surface area contributed by atoms with Gasteiger partial charge in [-0.1, -0.05) is 38.5 Å². The molecule has 0 saturated heterocycles. The number of nitrogens with one attached hydrogen (secondary N) is 1. The van der Waals surface area contributed by atoms with Crippen molar-refractivity contribution < 1.29 is 14.7 Å². The van der Waals surface area contributed by atoms with Crippen molar-refractivity contribution in [2.75, 3.05) is 0 Å². The molecule has 6 heteroatoms. The number of aliphatic carboxylic acids is 1. The first-order valence-electron chi connectivity index (χ1n) is 8.47. The molecule has 25 heavy (non-hydrogen) atoms.